The van der Waals surface area contributed by atoms with E-state index < -0.39 is 0 Å². The Morgan fingerprint density at radius 2 is 2.11 bits per heavy atom. The number of guanidine groups is 1. The topological polar surface area (TPSA) is 69.8 Å². The summed E-state index contributed by atoms with van der Waals surface area (Å²) in [5, 5.41) is 8.71. The first-order chi connectivity index (χ1) is 13.2. The number of nitrogens with one attached hydrogen (secondary N) is 1. The number of hydrogen-bond donors (Lipinski definition) is 1. The Kier molecular flexibility index (Phi) is 7.23. The molecule has 0 radical (unpaired) electrons. The molecule has 0 unspecified atom stereocenters. The van der Waals surface area contributed by atoms with Crippen LogP contribution in [0.5, 0.6) is 0 Å². The summed E-state index contributed by atoms with van der Waals surface area (Å²) < 4.78 is 5.17. The average molecular weight is 391 g/mol. The molecule has 0 aliphatic carbocycles. The van der Waals surface area contributed by atoms with Crippen LogP contribution in [0.25, 0.3) is 0 Å². The van der Waals surface area contributed by atoms with Crippen LogP contribution in [0.15, 0.2) is 21.8 Å². The van der Waals surface area contributed by atoms with E-state index in [2.05, 4.69) is 39.1 Å². The predicted molar refractivity (Wildman–Crippen MR) is 109 cm³/mol. The standard InChI is InChI=1S/C19H30N6OS/c1-4-17-13-22-18(27-17)6-7-21-19(20-5-2)25-10-8-24(9-11-25)14-16-12-15(3)26-23-16/h12-13H,4-11,14H2,1-3H3,(H,20,21). The third-order valence-electron chi connectivity index (χ3n) is 4.61. The van der Waals surface area contributed by atoms with Gasteiger partial charge in [-0.2, -0.15) is 0 Å². The second-order valence-electron chi connectivity index (χ2n) is 6.75. The van der Waals surface area contributed by atoms with E-state index in [9.17, 15) is 0 Å². The maximum Gasteiger partial charge on any atom is 0.194 e. The molecule has 7 nitrogen and oxygen atoms in total. The molecule has 2 aromatic rings. The molecule has 1 fully saturated rings. The van der Waals surface area contributed by atoms with E-state index in [1.54, 1.807) is 11.3 Å². The Labute approximate surface area is 165 Å². The highest BCUT2D eigenvalue weighted by atomic mass is 32.1. The first-order valence-electron chi connectivity index (χ1n) is 9.79. The number of aryl methyl sites for hydroxylation is 2. The highest BCUT2D eigenvalue weighted by Crippen LogP contribution is 2.14. The maximum absolute atomic E-state index is 5.17. The van der Waals surface area contributed by atoms with E-state index in [4.69, 9.17) is 9.52 Å². The molecule has 0 aromatic carbocycles. The summed E-state index contributed by atoms with van der Waals surface area (Å²) in [5.74, 6) is 1.89. The number of rotatable bonds is 7. The number of thiazole rings is 1. The van der Waals surface area contributed by atoms with Gasteiger partial charge in [-0.05, 0) is 20.3 Å². The molecule has 0 bridgehead atoms. The summed E-state index contributed by atoms with van der Waals surface area (Å²) >= 11 is 1.80. The fourth-order valence-electron chi connectivity index (χ4n) is 3.15. The second-order valence-corrected chi connectivity index (χ2v) is 7.95. The van der Waals surface area contributed by atoms with Gasteiger partial charge in [-0.25, -0.2) is 4.98 Å². The Hall–Kier alpha value is -1.93. The molecule has 27 heavy (non-hydrogen) atoms. The summed E-state index contributed by atoms with van der Waals surface area (Å²) in [6.07, 6.45) is 3.96. The van der Waals surface area contributed by atoms with Gasteiger partial charge in [0.2, 0.25) is 0 Å². The van der Waals surface area contributed by atoms with Crippen LogP contribution in [-0.4, -0.2) is 65.2 Å². The highest BCUT2D eigenvalue weighted by molar-refractivity contribution is 7.11. The van der Waals surface area contributed by atoms with E-state index in [1.807, 2.05) is 19.2 Å². The van der Waals surface area contributed by atoms with Gasteiger partial charge >= 0.3 is 0 Å². The molecular formula is C19H30N6OS. The normalized spacial score (nSPS) is 16.1. The number of aliphatic imine (C=N–C) groups is 1. The lowest BCUT2D eigenvalue weighted by molar-refractivity contribution is 0.169. The van der Waals surface area contributed by atoms with E-state index in [0.29, 0.717) is 0 Å². The molecule has 148 valence electrons. The van der Waals surface area contributed by atoms with Crippen LogP contribution in [0, 0.1) is 6.92 Å². The lowest BCUT2D eigenvalue weighted by Gasteiger charge is -2.36. The summed E-state index contributed by atoms with van der Waals surface area (Å²) in [7, 11) is 0. The van der Waals surface area contributed by atoms with Gasteiger partial charge in [-0.3, -0.25) is 9.89 Å². The minimum absolute atomic E-state index is 0.775. The SMILES string of the molecule is CCNC(=NCCc1ncc(CC)s1)N1CCN(Cc2cc(C)on2)CC1. The van der Waals surface area contributed by atoms with Crippen molar-refractivity contribution in [3.8, 4) is 0 Å². The van der Waals surface area contributed by atoms with Crippen LogP contribution < -0.4 is 5.32 Å². The fourth-order valence-corrected chi connectivity index (χ4v) is 4.00. The smallest absolute Gasteiger partial charge is 0.194 e. The molecule has 0 atom stereocenters. The van der Waals surface area contributed by atoms with Gasteiger partial charge in [0.15, 0.2) is 5.96 Å². The largest absolute Gasteiger partial charge is 0.361 e. The van der Waals surface area contributed by atoms with Crippen molar-refractivity contribution in [2.45, 2.75) is 40.2 Å². The third kappa shape index (κ3) is 5.77. The van der Waals surface area contributed by atoms with Crippen molar-refractivity contribution in [2.24, 2.45) is 4.99 Å². The number of hydrogen-bond acceptors (Lipinski definition) is 6. The zero-order valence-corrected chi connectivity index (χ0v) is 17.4. The first kappa shape index (κ1) is 19.8. The molecule has 2 aromatic heterocycles. The van der Waals surface area contributed by atoms with Crippen LogP contribution in [0.1, 0.15) is 35.2 Å². The summed E-state index contributed by atoms with van der Waals surface area (Å²) in [5.41, 5.74) is 1.01. The predicted octanol–water partition coefficient (Wildman–Crippen LogP) is 2.33. The number of aromatic nitrogens is 2. The molecule has 0 spiro atoms. The summed E-state index contributed by atoms with van der Waals surface area (Å²) in [4.78, 5) is 15.4. The Morgan fingerprint density at radius 1 is 1.30 bits per heavy atom. The maximum atomic E-state index is 5.17. The second kappa shape index (κ2) is 9.85. The van der Waals surface area contributed by atoms with Gasteiger partial charge in [-0.1, -0.05) is 12.1 Å². The fraction of sp³-hybridized carbons (Fsp3) is 0.632. The van der Waals surface area contributed by atoms with E-state index >= 15 is 0 Å². The van der Waals surface area contributed by atoms with Gasteiger partial charge in [-0.15, -0.1) is 11.3 Å². The van der Waals surface area contributed by atoms with Crippen molar-refractivity contribution in [3.63, 3.8) is 0 Å². The Morgan fingerprint density at radius 3 is 2.74 bits per heavy atom. The van der Waals surface area contributed by atoms with Crippen LogP contribution in [0.3, 0.4) is 0 Å². The van der Waals surface area contributed by atoms with E-state index in [-0.39, 0.29) is 0 Å². The van der Waals surface area contributed by atoms with Crippen LogP contribution in [-0.2, 0) is 19.4 Å². The average Bonchev–Trinajstić information content (AvgIpc) is 3.30. The minimum atomic E-state index is 0.775. The number of nitrogens with zero attached hydrogens (tertiary/aromatic N) is 5. The van der Waals surface area contributed by atoms with Crippen LogP contribution in [0.4, 0.5) is 0 Å². The van der Waals surface area contributed by atoms with Gasteiger partial charge in [0.25, 0.3) is 0 Å². The van der Waals surface area contributed by atoms with Crippen molar-refractivity contribution in [1.29, 1.82) is 0 Å². The molecule has 3 heterocycles. The van der Waals surface area contributed by atoms with Crippen molar-refractivity contribution in [3.05, 3.63) is 33.6 Å². The molecule has 1 aliphatic rings. The molecule has 0 amide bonds. The quantitative estimate of drug-likeness (QED) is 0.578. The highest BCUT2D eigenvalue weighted by Gasteiger charge is 2.20. The Bertz CT molecular complexity index is 732. The van der Waals surface area contributed by atoms with Crippen molar-refractivity contribution < 1.29 is 4.52 Å². The Balaban J connectivity index is 1.49. The van der Waals surface area contributed by atoms with Crippen molar-refractivity contribution in [2.75, 3.05) is 39.3 Å². The van der Waals surface area contributed by atoms with Crippen molar-refractivity contribution in [1.82, 2.24) is 25.3 Å². The number of piperazine rings is 1. The first-order valence-corrected chi connectivity index (χ1v) is 10.6. The molecule has 0 saturated carbocycles. The minimum Gasteiger partial charge on any atom is -0.361 e. The zero-order chi connectivity index (χ0) is 19.1. The summed E-state index contributed by atoms with van der Waals surface area (Å²) in [6, 6.07) is 2.01. The molecule has 1 saturated heterocycles. The monoisotopic (exact) mass is 390 g/mol. The van der Waals surface area contributed by atoms with E-state index in [1.165, 1.54) is 9.88 Å². The van der Waals surface area contributed by atoms with Gasteiger partial charge in [0, 0.05) is 69.4 Å². The molecule has 1 N–H and O–H groups in total. The van der Waals surface area contributed by atoms with Gasteiger partial charge in [0.1, 0.15) is 5.76 Å². The summed E-state index contributed by atoms with van der Waals surface area (Å²) in [6.45, 7) is 12.7. The third-order valence-corrected chi connectivity index (χ3v) is 5.81. The van der Waals surface area contributed by atoms with E-state index in [0.717, 1.165) is 76.1 Å². The van der Waals surface area contributed by atoms with Crippen LogP contribution >= 0.6 is 11.3 Å². The molecular weight excluding hydrogens is 360 g/mol. The van der Waals surface area contributed by atoms with Crippen LogP contribution in [0.2, 0.25) is 0 Å². The molecule has 3 rings (SSSR count). The molecule has 8 heteroatoms. The van der Waals surface area contributed by atoms with Gasteiger partial charge in [0.05, 0.1) is 10.7 Å². The zero-order valence-electron chi connectivity index (χ0n) is 16.6. The lowest BCUT2D eigenvalue weighted by Crippen LogP contribution is -2.52. The molecule has 1 aliphatic heterocycles. The van der Waals surface area contributed by atoms with Crippen molar-refractivity contribution >= 4 is 17.3 Å². The van der Waals surface area contributed by atoms with Gasteiger partial charge < -0.3 is 14.7 Å². The lowest BCUT2D eigenvalue weighted by atomic mass is 10.3.